The van der Waals surface area contributed by atoms with Gasteiger partial charge in [-0.25, -0.2) is 0 Å². The Morgan fingerprint density at radius 3 is 2.60 bits per heavy atom. The second-order valence-corrected chi connectivity index (χ2v) is 6.23. The molecule has 1 aromatic rings. The van der Waals surface area contributed by atoms with Gasteiger partial charge in [0.2, 0.25) is 5.91 Å². The van der Waals surface area contributed by atoms with Crippen molar-refractivity contribution in [2.75, 3.05) is 5.32 Å². The fourth-order valence-electron chi connectivity index (χ4n) is 2.52. The maximum Gasteiger partial charge on any atom is 0.391 e. The van der Waals surface area contributed by atoms with Crippen LogP contribution in [0.2, 0.25) is 0 Å². The molecule has 1 amide bonds. The largest absolute Gasteiger partial charge is 0.391 e. The lowest BCUT2D eigenvalue weighted by atomic mass is 9.80. The number of amides is 1. The van der Waals surface area contributed by atoms with Crippen LogP contribution in [0.3, 0.4) is 0 Å². The molecule has 0 spiro atoms. The first kappa shape index (κ1) is 15.6. The van der Waals surface area contributed by atoms with E-state index in [1.807, 2.05) is 12.1 Å². The van der Waals surface area contributed by atoms with Gasteiger partial charge in [0.25, 0.3) is 0 Å². The van der Waals surface area contributed by atoms with E-state index < -0.39 is 18.0 Å². The topological polar surface area (TPSA) is 29.1 Å². The molecular weight excluding hydrogens is 382 g/mol. The average molecular weight is 397 g/mol. The molecule has 0 aromatic heterocycles. The van der Waals surface area contributed by atoms with Gasteiger partial charge in [-0.1, -0.05) is 18.6 Å². The van der Waals surface area contributed by atoms with Crippen LogP contribution in [-0.4, -0.2) is 12.1 Å². The monoisotopic (exact) mass is 397 g/mol. The molecule has 0 radical (unpaired) electrons. The minimum absolute atomic E-state index is 0.0985. The Hall–Kier alpha value is -0.790. The van der Waals surface area contributed by atoms with Crippen molar-refractivity contribution in [3.8, 4) is 0 Å². The number of para-hydroxylation sites is 1. The molecule has 2 rings (SSSR count). The number of hydrogen-bond donors (Lipinski definition) is 1. The van der Waals surface area contributed by atoms with Crippen molar-refractivity contribution in [3.63, 3.8) is 0 Å². The van der Waals surface area contributed by atoms with Crippen molar-refractivity contribution < 1.29 is 18.0 Å². The summed E-state index contributed by atoms with van der Waals surface area (Å²) in [4.78, 5) is 12.1. The minimum atomic E-state index is -4.19. The van der Waals surface area contributed by atoms with Crippen molar-refractivity contribution in [1.29, 1.82) is 0 Å². The summed E-state index contributed by atoms with van der Waals surface area (Å²) in [5.41, 5.74) is 0.659. The number of halogens is 4. The molecule has 110 valence electrons. The lowest BCUT2D eigenvalue weighted by molar-refractivity contribution is -0.185. The van der Waals surface area contributed by atoms with Gasteiger partial charge in [0.1, 0.15) is 0 Å². The summed E-state index contributed by atoms with van der Waals surface area (Å²) in [7, 11) is 0. The number of nitrogens with one attached hydrogen (secondary N) is 1. The number of anilines is 1. The number of hydrogen-bond acceptors (Lipinski definition) is 1. The molecule has 2 nitrogen and oxygen atoms in total. The Morgan fingerprint density at radius 2 is 1.95 bits per heavy atom. The van der Waals surface area contributed by atoms with E-state index in [0.717, 1.165) is 3.57 Å². The van der Waals surface area contributed by atoms with Crippen LogP contribution in [0.25, 0.3) is 0 Å². The van der Waals surface area contributed by atoms with Gasteiger partial charge >= 0.3 is 6.18 Å². The SMILES string of the molecule is O=C(Nc1ccccc1I)C1CCCC(C(F)(F)F)C1. The first-order valence-electron chi connectivity index (χ1n) is 6.50. The standard InChI is InChI=1S/C14H15F3INO/c15-14(16,17)10-5-3-4-9(8-10)13(20)19-12-7-2-1-6-11(12)18/h1-2,6-7,9-10H,3-5,8H2,(H,19,20). The summed E-state index contributed by atoms with van der Waals surface area (Å²) >= 11 is 2.09. The van der Waals surface area contributed by atoms with E-state index in [1.54, 1.807) is 12.1 Å². The van der Waals surface area contributed by atoms with Crippen LogP contribution in [-0.2, 0) is 4.79 Å². The number of rotatable bonds is 2. The van der Waals surface area contributed by atoms with Gasteiger partial charge < -0.3 is 5.32 Å². The molecule has 0 saturated heterocycles. The molecule has 1 aliphatic rings. The highest BCUT2D eigenvalue weighted by molar-refractivity contribution is 14.1. The molecule has 2 unspecified atom stereocenters. The van der Waals surface area contributed by atoms with Crippen molar-refractivity contribution in [1.82, 2.24) is 0 Å². The molecule has 6 heteroatoms. The first-order chi connectivity index (χ1) is 9.38. The normalized spacial score (nSPS) is 23.4. The summed E-state index contributed by atoms with van der Waals surface area (Å²) < 4.78 is 39.1. The van der Waals surface area contributed by atoms with Gasteiger partial charge in [0, 0.05) is 9.49 Å². The second kappa shape index (κ2) is 6.32. The van der Waals surface area contributed by atoms with Crippen LogP contribution in [0.5, 0.6) is 0 Å². The lowest BCUT2D eigenvalue weighted by Crippen LogP contribution is -2.34. The van der Waals surface area contributed by atoms with E-state index in [1.165, 1.54) is 0 Å². The molecule has 0 heterocycles. The smallest absolute Gasteiger partial charge is 0.325 e. The summed E-state index contributed by atoms with van der Waals surface area (Å²) in [5, 5.41) is 2.74. The maximum atomic E-state index is 12.7. The van der Waals surface area contributed by atoms with Crippen molar-refractivity contribution in [2.24, 2.45) is 11.8 Å². The van der Waals surface area contributed by atoms with Crippen LogP contribution in [0.1, 0.15) is 25.7 Å². The van der Waals surface area contributed by atoms with E-state index in [9.17, 15) is 18.0 Å². The second-order valence-electron chi connectivity index (χ2n) is 5.07. The Morgan fingerprint density at radius 1 is 1.25 bits per heavy atom. The molecule has 0 aliphatic heterocycles. The third-order valence-corrected chi connectivity index (χ3v) is 4.58. The highest BCUT2D eigenvalue weighted by Crippen LogP contribution is 2.40. The van der Waals surface area contributed by atoms with Gasteiger partial charge in [-0.05, 0) is 54.0 Å². The van der Waals surface area contributed by atoms with Crippen molar-refractivity contribution in [2.45, 2.75) is 31.9 Å². The molecule has 0 bridgehead atoms. The van der Waals surface area contributed by atoms with E-state index in [-0.39, 0.29) is 18.7 Å². The number of carbonyl (C=O) groups excluding carboxylic acids is 1. The van der Waals surface area contributed by atoms with E-state index in [4.69, 9.17) is 0 Å². The fourth-order valence-corrected chi connectivity index (χ4v) is 3.04. The van der Waals surface area contributed by atoms with Gasteiger partial charge in [0.05, 0.1) is 11.6 Å². The zero-order chi connectivity index (χ0) is 14.8. The molecular formula is C14H15F3INO. The zero-order valence-corrected chi connectivity index (χ0v) is 12.9. The summed E-state index contributed by atoms with van der Waals surface area (Å²) in [6.45, 7) is 0. The Kier molecular flexibility index (Phi) is 4.93. The van der Waals surface area contributed by atoms with Gasteiger partial charge in [-0.15, -0.1) is 0 Å². The molecule has 1 fully saturated rings. The van der Waals surface area contributed by atoms with E-state index in [2.05, 4.69) is 27.9 Å². The van der Waals surface area contributed by atoms with Crippen LogP contribution < -0.4 is 5.32 Å². The van der Waals surface area contributed by atoms with Crippen LogP contribution in [0, 0.1) is 15.4 Å². The zero-order valence-electron chi connectivity index (χ0n) is 10.7. The highest BCUT2D eigenvalue weighted by Gasteiger charge is 2.43. The van der Waals surface area contributed by atoms with E-state index >= 15 is 0 Å². The Labute approximate surface area is 129 Å². The molecule has 2 atom stereocenters. The molecule has 20 heavy (non-hydrogen) atoms. The summed E-state index contributed by atoms with van der Waals surface area (Å²) in [6.07, 6.45) is -3.18. The predicted octanol–water partition coefficient (Wildman–Crippen LogP) is 4.60. The minimum Gasteiger partial charge on any atom is -0.325 e. The number of benzene rings is 1. The van der Waals surface area contributed by atoms with Gasteiger partial charge in [-0.3, -0.25) is 4.79 Å². The Balaban J connectivity index is 2.01. The molecule has 1 saturated carbocycles. The van der Waals surface area contributed by atoms with E-state index in [0.29, 0.717) is 18.5 Å². The molecule has 1 N–H and O–H groups in total. The average Bonchev–Trinajstić information content (AvgIpc) is 2.40. The fraction of sp³-hybridized carbons (Fsp3) is 0.500. The molecule has 1 aliphatic carbocycles. The summed E-state index contributed by atoms with van der Waals surface area (Å²) in [6, 6.07) is 7.23. The van der Waals surface area contributed by atoms with Crippen LogP contribution in [0.4, 0.5) is 18.9 Å². The first-order valence-corrected chi connectivity index (χ1v) is 7.58. The third-order valence-electron chi connectivity index (χ3n) is 3.64. The third kappa shape index (κ3) is 3.86. The maximum absolute atomic E-state index is 12.7. The van der Waals surface area contributed by atoms with Gasteiger partial charge in [-0.2, -0.15) is 13.2 Å². The Bertz CT molecular complexity index is 490. The number of alkyl halides is 3. The quantitative estimate of drug-likeness (QED) is 0.727. The predicted molar refractivity (Wildman–Crippen MR) is 79.3 cm³/mol. The van der Waals surface area contributed by atoms with Crippen molar-refractivity contribution >= 4 is 34.2 Å². The summed E-state index contributed by atoms with van der Waals surface area (Å²) in [5.74, 6) is -2.20. The van der Waals surface area contributed by atoms with Crippen LogP contribution in [0.15, 0.2) is 24.3 Å². The van der Waals surface area contributed by atoms with Crippen molar-refractivity contribution in [3.05, 3.63) is 27.8 Å². The highest BCUT2D eigenvalue weighted by atomic mass is 127. The van der Waals surface area contributed by atoms with Crippen LogP contribution >= 0.6 is 22.6 Å². The van der Waals surface area contributed by atoms with Gasteiger partial charge in [0.15, 0.2) is 0 Å². The number of carbonyl (C=O) groups is 1. The molecule has 1 aromatic carbocycles. The lowest BCUT2D eigenvalue weighted by Gasteiger charge is -2.29.